The Labute approximate surface area is 68.7 Å². The molecule has 0 aliphatic rings. The van der Waals surface area contributed by atoms with Crippen LogP contribution in [0.25, 0.3) is 10.4 Å². The molecule has 0 saturated heterocycles. The zero-order chi connectivity index (χ0) is 8.81. The van der Waals surface area contributed by atoms with Gasteiger partial charge in [0.05, 0.1) is 12.2 Å². The van der Waals surface area contributed by atoms with Gasteiger partial charge in [0.25, 0.3) is 0 Å². The summed E-state index contributed by atoms with van der Waals surface area (Å²) >= 11 is 0. The van der Waals surface area contributed by atoms with Crippen LogP contribution in [0.15, 0.2) is 15.7 Å². The van der Waals surface area contributed by atoms with Crippen LogP contribution in [0.4, 0.5) is 0 Å². The second-order valence-electron chi connectivity index (χ2n) is 2.11. The maximum absolute atomic E-state index is 8.01. The van der Waals surface area contributed by atoms with E-state index >= 15 is 0 Å². The maximum atomic E-state index is 8.01. The third-order valence-corrected chi connectivity index (χ3v) is 1.19. The Morgan fingerprint density at radius 3 is 3.33 bits per heavy atom. The van der Waals surface area contributed by atoms with Crippen molar-refractivity contribution in [3.8, 4) is 0 Å². The summed E-state index contributed by atoms with van der Waals surface area (Å²) in [5.74, 6) is 0.626. The lowest BCUT2D eigenvalue weighted by atomic mass is 10.4. The maximum Gasteiger partial charge on any atom is 0.162 e. The highest BCUT2D eigenvalue weighted by atomic mass is 16.5. The molecule has 0 N–H and O–H groups in total. The summed E-state index contributed by atoms with van der Waals surface area (Å²) in [6.45, 7) is 0.590. The molecule has 6 nitrogen and oxygen atoms in total. The summed E-state index contributed by atoms with van der Waals surface area (Å²) in [7, 11) is 1.57. The van der Waals surface area contributed by atoms with Gasteiger partial charge in [-0.25, -0.2) is 0 Å². The van der Waals surface area contributed by atoms with Gasteiger partial charge in [0, 0.05) is 18.1 Å². The van der Waals surface area contributed by atoms with E-state index in [0.717, 1.165) is 0 Å². The highest BCUT2D eigenvalue weighted by Crippen LogP contribution is 2.05. The molecule has 6 heteroatoms. The van der Waals surface area contributed by atoms with Crippen LogP contribution in [0, 0.1) is 0 Å². The average molecular weight is 168 g/mol. The summed E-state index contributed by atoms with van der Waals surface area (Å²) in [4.78, 5) is 2.60. The topological polar surface area (TPSA) is 84.0 Å². The molecule has 0 amide bonds. The minimum Gasteiger partial charge on any atom is -0.377 e. The Morgan fingerprint density at radius 1 is 1.83 bits per heavy atom. The fraction of sp³-hybridized carbons (Fsp3) is 0.500. The summed E-state index contributed by atoms with van der Waals surface area (Å²) in [5, 5.41) is 6.99. The van der Waals surface area contributed by atoms with Crippen molar-refractivity contribution in [3.05, 3.63) is 28.0 Å². The first-order valence-electron chi connectivity index (χ1n) is 3.31. The molecular weight excluding hydrogens is 160 g/mol. The van der Waals surface area contributed by atoms with Crippen molar-refractivity contribution in [3.63, 3.8) is 0 Å². The van der Waals surface area contributed by atoms with Gasteiger partial charge in [-0.15, -0.1) is 0 Å². The molecule has 0 radical (unpaired) electrons. The Hall–Kier alpha value is -1.52. The molecule has 0 spiro atoms. The van der Waals surface area contributed by atoms with E-state index in [4.69, 9.17) is 14.8 Å². The van der Waals surface area contributed by atoms with Gasteiger partial charge in [-0.1, -0.05) is 10.3 Å². The van der Waals surface area contributed by atoms with E-state index < -0.39 is 0 Å². The minimum absolute atomic E-state index is 0.212. The molecular formula is C6H8N4O2. The SMILES string of the molecule is COCc1cc(CN=[N+]=[N-])no1. The van der Waals surface area contributed by atoms with Gasteiger partial charge in [0.1, 0.15) is 6.61 Å². The molecule has 1 aromatic rings. The second-order valence-corrected chi connectivity index (χ2v) is 2.11. The standard InChI is InChI=1S/C6H8N4O2/c1-11-4-6-2-5(9-12-6)3-8-10-7/h2H,3-4H2,1H3. The molecule has 0 atom stereocenters. The fourth-order valence-corrected chi connectivity index (χ4v) is 0.745. The predicted molar refractivity (Wildman–Crippen MR) is 40.1 cm³/mol. The molecule has 1 aromatic heterocycles. The van der Waals surface area contributed by atoms with Crippen LogP contribution in [-0.4, -0.2) is 12.3 Å². The Balaban J connectivity index is 2.57. The first kappa shape index (κ1) is 8.58. The summed E-state index contributed by atoms with van der Waals surface area (Å²) in [5.41, 5.74) is 8.62. The van der Waals surface area contributed by atoms with Crippen LogP contribution in [0.3, 0.4) is 0 Å². The molecule has 0 fully saturated rings. The van der Waals surface area contributed by atoms with Crippen molar-refractivity contribution in [2.24, 2.45) is 5.11 Å². The van der Waals surface area contributed by atoms with E-state index in [2.05, 4.69) is 15.2 Å². The number of hydrogen-bond acceptors (Lipinski definition) is 4. The molecule has 64 valence electrons. The number of aromatic nitrogens is 1. The van der Waals surface area contributed by atoms with Crippen molar-refractivity contribution in [2.45, 2.75) is 13.2 Å². The lowest BCUT2D eigenvalue weighted by molar-refractivity contribution is 0.156. The second kappa shape index (κ2) is 4.38. The fourth-order valence-electron chi connectivity index (χ4n) is 0.745. The number of ether oxygens (including phenoxy) is 1. The van der Waals surface area contributed by atoms with E-state index in [1.165, 1.54) is 0 Å². The van der Waals surface area contributed by atoms with Gasteiger partial charge in [0.2, 0.25) is 0 Å². The van der Waals surface area contributed by atoms with E-state index in [-0.39, 0.29) is 6.54 Å². The van der Waals surface area contributed by atoms with Crippen LogP contribution in [-0.2, 0) is 17.9 Å². The Bertz CT molecular complexity index is 289. The molecule has 0 bridgehead atoms. The average Bonchev–Trinajstić information content (AvgIpc) is 2.50. The van der Waals surface area contributed by atoms with E-state index in [1.54, 1.807) is 13.2 Å². The lowest BCUT2D eigenvalue weighted by Crippen LogP contribution is -1.82. The van der Waals surface area contributed by atoms with Gasteiger partial charge in [-0.05, 0) is 5.53 Å². The third-order valence-electron chi connectivity index (χ3n) is 1.19. The van der Waals surface area contributed by atoms with Crippen molar-refractivity contribution < 1.29 is 9.26 Å². The number of methoxy groups -OCH3 is 1. The highest BCUT2D eigenvalue weighted by molar-refractivity contribution is 5.04. The molecule has 0 saturated carbocycles. The van der Waals surface area contributed by atoms with Crippen LogP contribution < -0.4 is 0 Å². The zero-order valence-electron chi connectivity index (χ0n) is 6.60. The number of nitrogens with zero attached hydrogens (tertiary/aromatic N) is 4. The molecule has 1 heterocycles. The van der Waals surface area contributed by atoms with Crippen LogP contribution in [0.2, 0.25) is 0 Å². The lowest BCUT2D eigenvalue weighted by Gasteiger charge is -1.87. The first-order chi connectivity index (χ1) is 5.86. The van der Waals surface area contributed by atoms with E-state index in [9.17, 15) is 0 Å². The number of rotatable bonds is 4. The summed E-state index contributed by atoms with van der Waals surface area (Å²) in [6.07, 6.45) is 0. The summed E-state index contributed by atoms with van der Waals surface area (Å²) in [6, 6.07) is 1.69. The van der Waals surface area contributed by atoms with Gasteiger partial charge in [0.15, 0.2) is 5.76 Å². The zero-order valence-corrected chi connectivity index (χ0v) is 6.60. The summed E-state index contributed by atoms with van der Waals surface area (Å²) < 4.78 is 9.65. The molecule has 0 unspecified atom stereocenters. The van der Waals surface area contributed by atoms with E-state index in [1.807, 2.05) is 0 Å². The first-order valence-corrected chi connectivity index (χ1v) is 3.31. The highest BCUT2D eigenvalue weighted by Gasteiger charge is 2.01. The predicted octanol–water partition coefficient (Wildman–Crippen LogP) is 1.63. The Morgan fingerprint density at radius 2 is 2.67 bits per heavy atom. The monoisotopic (exact) mass is 168 g/mol. The molecule has 0 aliphatic heterocycles. The normalized spacial score (nSPS) is 9.42. The third kappa shape index (κ3) is 2.26. The number of hydrogen-bond donors (Lipinski definition) is 0. The quantitative estimate of drug-likeness (QED) is 0.389. The smallest absolute Gasteiger partial charge is 0.162 e. The van der Waals surface area contributed by atoms with Crippen LogP contribution >= 0.6 is 0 Å². The van der Waals surface area contributed by atoms with E-state index in [0.29, 0.717) is 18.1 Å². The molecule has 1 rings (SSSR count). The van der Waals surface area contributed by atoms with Crippen LogP contribution in [0.1, 0.15) is 11.5 Å². The minimum atomic E-state index is 0.212. The van der Waals surface area contributed by atoms with Crippen molar-refractivity contribution >= 4 is 0 Å². The van der Waals surface area contributed by atoms with Gasteiger partial charge in [-0.3, -0.25) is 0 Å². The van der Waals surface area contributed by atoms with Crippen LogP contribution in [0.5, 0.6) is 0 Å². The molecule has 12 heavy (non-hydrogen) atoms. The Kier molecular flexibility index (Phi) is 3.13. The molecule has 0 aliphatic carbocycles. The largest absolute Gasteiger partial charge is 0.377 e. The van der Waals surface area contributed by atoms with Crippen molar-refractivity contribution in [1.29, 1.82) is 0 Å². The molecule has 0 aromatic carbocycles. The van der Waals surface area contributed by atoms with Gasteiger partial charge >= 0.3 is 0 Å². The van der Waals surface area contributed by atoms with Crippen molar-refractivity contribution in [2.75, 3.05) is 7.11 Å². The number of azide groups is 1. The van der Waals surface area contributed by atoms with Gasteiger partial charge < -0.3 is 9.26 Å². The van der Waals surface area contributed by atoms with Gasteiger partial charge in [-0.2, -0.15) is 0 Å². The van der Waals surface area contributed by atoms with Crippen molar-refractivity contribution in [1.82, 2.24) is 5.16 Å².